The van der Waals surface area contributed by atoms with Crippen molar-refractivity contribution < 1.29 is 9.47 Å². The molecule has 0 spiro atoms. The third kappa shape index (κ3) is 2.61. The van der Waals surface area contributed by atoms with E-state index in [0.717, 1.165) is 59.1 Å². The molecule has 0 heterocycles. The van der Waals surface area contributed by atoms with Crippen molar-refractivity contribution in [3.05, 3.63) is 48.5 Å². The third-order valence-corrected chi connectivity index (χ3v) is 3.73. The molecule has 0 fully saturated rings. The van der Waals surface area contributed by atoms with Crippen molar-refractivity contribution in [1.82, 2.24) is 0 Å². The maximum Gasteiger partial charge on any atom is 0.135 e. The molecule has 0 N–H and O–H groups in total. The monoisotopic (exact) mass is 294 g/mol. The Balaban J connectivity index is 2.32. The summed E-state index contributed by atoms with van der Waals surface area (Å²) in [5.74, 6) is 1.94. The van der Waals surface area contributed by atoms with E-state index in [1.54, 1.807) is 0 Å². The number of ether oxygens (including phenoxy) is 2. The molecule has 3 aromatic rings. The van der Waals surface area contributed by atoms with E-state index in [2.05, 4.69) is 62.4 Å². The molecular weight excluding hydrogens is 272 g/mol. The lowest BCUT2D eigenvalue weighted by Crippen LogP contribution is -2.00. The van der Waals surface area contributed by atoms with E-state index in [9.17, 15) is 0 Å². The van der Waals surface area contributed by atoms with Gasteiger partial charge in [0.25, 0.3) is 0 Å². The van der Waals surface area contributed by atoms with E-state index in [0.29, 0.717) is 0 Å². The zero-order valence-corrected chi connectivity index (χ0v) is 13.3. The Morgan fingerprint density at radius 2 is 0.909 bits per heavy atom. The molecule has 0 radical (unpaired) electrons. The normalized spacial score (nSPS) is 11.0. The molecule has 0 saturated heterocycles. The maximum absolute atomic E-state index is 6.09. The first-order valence-electron chi connectivity index (χ1n) is 8.05. The lowest BCUT2D eigenvalue weighted by atomic mass is 10.0. The van der Waals surface area contributed by atoms with Crippen LogP contribution in [0.25, 0.3) is 21.5 Å². The van der Waals surface area contributed by atoms with Crippen LogP contribution in [0.3, 0.4) is 0 Å². The average molecular weight is 294 g/mol. The Morgan fingerprint density at radius 3 is 1.18 bits per heavy atom. The standard InChI is InChI=1S/C20H22O2/c1-3-13-21-19-15-9-5-7-11-17(15)20(22-14-4-2)18-12-8-6-10-16(18)19/h5-12H,3-4,13-14H2,1-2H3. The van der Waals surface area contributed by atoms with Crippen LogP contribution in [0.2, 0.25) is 0 Å². The zero-order chi connectivity index (χ0) is 15.4. The van der Waals surface area contributed by atoms with Crippen molar-refractivity contribution >= 4 is 21.5 Å². The highest BCUT2D eigenvalue weighted by Gasteiger charge is 2.15. The molecule has 0 aliphatic carbocycles. The SMILES string of the molecule is CCCOc1c2ccccc2c(OCCC)c2ccccc12. The van der Waals surface area contributed by atoms with Crippen molar-refractivity contribution in [2.75, 3.05) is 13.2 Å². The predicted molar refractivity (Wildman–Crippen MR) is 93.0 cm³/mol. The second-order valence-corrected chi connectivity index (χ2v) is 5.45. The van der Waals surface area contributed by atoms with Gasteiger partial charge in [0, 0.05) is 21.5 Å². The molecule has 0 bridgehead atoms. The lowest BCUT2D eigenvalue weighted by Gasteiger charge is -2.17. The molecule has 22 heavy (non-hydrogen) atoms. The molecule has 0 saturated carbocycles. The Labute approximate surface area is 131 Å². The maximum atomic E-state index is 6.09. The predicted octanol–water partition coefficient (Wildman–Crippen LogP) is 5.57. The van der Waals surface area contributed by atoms with Gasteiger partial charge in [-0.25, -0.2) is 0 Å². The summed E-state index contributed by atoms with van der Waals surface area (Å²) in [4.78, 5) is 0. The Bertz CT molecular complexity index is 654. The van der Waals surface area contributed by atoms with E-state index < -0.39 is 0 Å². The van der Waals surface area contributed by atoms with Crippen molar-refractivity contribution in [3.63, 3.8) is 0 Å². The number of fused-ring (bicyclic) bond motifs is 2. The highest BCUT2D eigenvalue weighted by Crippen LogP contribution is 2.42. The molecule has 0 aromatic heterocycles. The minimum Gasteiger partial charge on any atom is -0.492 e. The molecule has 0 aliphatic heterocycles. The first-order chi connectivity index (χ1) is 10.9. The Morgan fingerprint density at radius 1 is 0.591 bits per heavy atom. The first kappa shape index (κ1) is 14.7. The summed E-state index contributed by atoms with van der Waals surface area (Å²) in [6.07, 6.45) is 1.99. The third-order valence-electron chi connectivity index (χ3n) is 3.73. The number of hydrogen-bond acceptors (Lipinski definition) is 2. The van der Waals surface area contributed by atoms with E-state index in [1.165, 1.54) is 0 Å². The van der Waals surface area contributed by atoms with Crippen LogP contribution >= 0.6 is 0 Å². The van der Waals surface area contributed by atoms with Crippen LogP contribution in [0.5, 0.6) is 11.5 Å². The second-order valence-electron chi connectivity index (χ2n) is 5.45. The van der Waals surface area contributed by atoms with Gasteiger partial charge in [-0.15, -0.1) is 0 Å². The minimum absolute atomic E-state index is 0.725. The molecule has 114 valence electrons. The first-order valence-corrected chi connectivity index (χ1v) is 8.05. The quantitative estimate of drug-likeness (QED) is 0.553. The van der Waals surface area contributed by atoms with Crippen LogP contribution < -0.4 is 9.47 Å². The van der Waals surface area contributed by atoms with Gasteiger partial charge in [0.15, 0.2) is 0 Å². The molecule has 0 unspecified atom stereocenters. The van der Waals surface area contributed by atoms with Crippen molar-refractivity contribution in [1.29, 1.82) is 0 Å². The molecule has 0 atom stereocenters. The van der Waals surface area contributed by atoms with Gasteiger partial charge in [0.2, 0.25) is 0 Å². The molecule has 0 amide bonds. The molecule has 0 aliphatic rings. The summed E-state index contributed by atoms with van der Waals surface area (Å²) in [6.45, 7) is 5.71. The Kier molecular flexibility index (Phi) is 4.47. The van der Waals surface area contributed by atoms with Gasteiger partial charge >= 0.3 is 0 Å². The van der Waals surface area contributed by atoms with E-state index in [-0.39, 0.29) is 0 Å². The minimum atomic E-state index is 0.725. The lowest BCUT2D eigenvalue weighted by molar-refractivity contribution is 0.319. The fourth-order valence-corrected chi connectivity index (χ4v) is 2.77. The van der Waals surface area contributed by atoms with Gasteiger partial charge < -0.3 is 9.47 Å². The summed E-state index contributed by atoms with van der Waals surface area (Å²) in [5, 5.41) is 4.50. The second kappa shape index (κ2) is 6.69. The summed E-state index contributed by atoms with van der Waals surface area (Å²) < 4.78 is 12.2. The molecular formula is C20H22O2. The van der Waals surface area contributed by atoms with Crippen LogP contribution in [0.4, 0.5) is 0 Å². The van der Waals surface area contributed by atoms with Gasteiger partial charge in [-0.1, -0.05) is 62.4 Å². The van der Waals surface area contributed by atoms with Gasteiger partial charge in [-0.2, -0.15) is 0 Å². The van der Waals surface area contributed by atoms with E-state index in [1.807, 2.05) is 0 Å². The molecule has 3 rings (SSSR count). The van der Waals surface area contributed by atoms with Crippen LogP contribution in [-0.4, -0.2) is 13.2 Å². The van der Waals surface area contributed by atoms with Crippen LogP contribution in [-0.2, 0) is 0 Å². The number of hydrogen-bond donors (Lipinski definition) is 0. The number of rotatable bonds is 6. The van der Waals surface area contributed by atoms with Crippen LogP contribution in [0.15, 0.2) is 48.5 Å². The van der Waals surface area contributed by atoms with Gasteiger partial charge in [0.05, 0.1) is 13.2 Å². The van der Waals surface area contributed by atoms with E-state index in [4.69, 9.17) is 9.47 Å². The smallest absolute Gasteiger partial charge is 0.135 e. The zero-order valence-electron chi connectivity index (χ0n) is 13.3. The highest BCUT2D eigenvalue weighted by atomic mass is 16.5. The molecule has 2 nitrogen and oxygen atoms in total. The topological polar surface area (TPSA) is 18.5 Å². The fourth-order valence-electron chi connectivity index (χ4n) is 2.77. The van der Waals surface area contributed by atoms with Crippen molar-refractivity contribution in [2.45, 2.75) is 26.7 Å². The molecule has 2 heteroatoms. The average Bonchev–Trinajstić information content (AvgIpc) is 2.58. The van der Waals surface area contributed by atoms with Crippen molar-refractivity contribution in [3.8, 4) is 11.5 Å². The largest absolute Gasteiger partial charge is 0.492 e. The summed E-state index contributed by atoms with van der Waals surface area (Å²) in [7, 11) is 0. The van der Waals surface area contributed by atoms with Gasteiger partial charge in [-0.05, 0) is 12.8 Å². The molecule has 3 aromatic carbocycles. The van der Waals surface area contributed by atoms with Crippen LogP contribution in [0, 0.1) is 0 Å². The van der Waals surface area contributed by atoms with E-state index >= 15 is 0 Å². The summed E-state index contributed by atoms with van der Waals surface area (Å²) in [5.41, 5.74) is 0. The summed E-state index contributed by atoms with van der Waals surface area (Å²) >= 11 is 0. The van der Waals surface area contributed by atoms with Crippen LogP contribution in [0.1, 0.15) is 26.7 Å². The number of benzene rings is 3. The Hall–Kier alpha value is -2.22. The highest BCUT2D eigenvalue weighted by molar-refractivity contribution is 6.11. The van der Waals surface area contributed by atoms with Crippen molar-refractivity contribution in [2.24, 2.45) is 0 Å². The van der Waals surface area contributed by atoms with Gasteiger partial charge in [-0.3, -0.25) is 0 Å². The fraction of sp³-hybridized carbons (Fsp3) is 0.300. The van der Waals surface area contributed by atoms with Gasteiger partial charge in [0.1, 0.15) is 11.5 Å². The summed E-state index contributed by atoms with van der Waals surface area (Å²) in [6, 6.07) is 16.7.